The molecule has 0 saturated carbocycles. The minimum Gasteiger partial charge on any atom is -0.325 e. The second-order valence-electron chi connectivity index (χ2n) is 4.00. The van der Waals surface area contributed by atoms with E-state index >= 15 is 0 Å². The van der Waals surface area contributed by atoms with Gasteiger partial charge in [-0.1, -0.05) is 0 Å². The Morgan fingerprint density at radius 1 is 1.50 bits per heavy atom. The summed E-state index contributed by atoms with van der Waals surface area (Å²) in [6, 6.07) is 2.32. The average molecular weight is 238 g/mol. The maximum atomic E-state index is 12.1. The maximum Gasteiger partial charge on any atom is 0.320 e. The van der Waals surface area contributed by atoms with E-state index in [0.29, 0.717) is 0 Å². The lowest BCUT2D eigenvalue weighted by Gasteiger charge is -2.32. The largest absolute Gasteiger partial charge is 0.325 e. The summed E-state index contributed by atoms with van der Waals surface area (Å²) in [5.74, 6) is 0. The molecule has 0 atom stereocenters. The summed E-state index contributed by atoms with van der Waals surface area (Å²) in [4.78, 5) is 17.4. The predicted octanol–water partition coefficient (Wildman–Crippen LogP) is 2.57. The molecule has 0 radical (unpaired) electrons. The molecule has 0 spiro atoms. The Labute approximate surface area is 101 Å². The van der Waals surface area contributed by atoms with Crippen molar-refractivity contribution in [3.63, 3.8) is 0 Å². The van der Waals surface area contributed by atoms with Gasteiger partial charge in [-0.25, -0.2) is 4.79 Å². The molecule has 1 aromatic heterocycles. The zero-order valence-electron chi connectivity index (χ0n) is 9.90. The van der Waals surface area contributed by atoms with Crippen LogP contribution in [0.5, 0.6) is 0 Å². The van der Waals surface area contributed by atoms with Gasteiger partial charge in [-0.05, 0) is 37.3 Å². The Balaban J connectivity index is 2.05. The molecule has 1 aliphatic heterocycles. The minimum atomic E-state index is 0.182. The van der Waals surface area contributed by atoms with E-state index in [1.54, 1.807) is 0 Å². The van der Waals surface area contributed by atoms with Crippen molar-refractivity contribution in [3.05, 3.63) is 21.9 Å². The molecule has 0 bridgehead atoms. The van der Waals surface area contributed by atoms with Gasteiger partial charge in [0.25, 0.3) is 0 Å². The lowest BCUT2D eigenvalue weighted by atomic mass is 10.1. The zero-order valence-corrected chi connectivity index (χ0v) is 10.7. The van der Waals surface area contributed by atoms with E-state index < -0.39 is 0 Å². The molecule has 2 rings (SSSR count). The van der Waals surface area contributed by atoms with Crippen molar-refractivity contribution in [2.45, 2.75) is 26.8 Å². The van der Waals surface area contributed by atoms with Crippen molar-refractivity contribution in [3.8, 4) is 0 Å². The smallest absolute Gasteiger partial charge is 0.320 e. The van der Waals surface area contributed by atoms with E-state index in [-0.39, 0.29) is 6.03 Å². The van der Waals surface area contributed by atoms with Crippen LogP contribution < -0.4 is 0 Å². The molecule has 0 N–H and O–H groups in total. The van der Waals surface area contributed by atoms with Crippen LogP contribution in [0, 0.1) is 0 Å². The lowest BCUT2D eigenvalue weighted by molar-refractivity contribution is 0.152. The van der Waals surface area contributed by atoms with Gasteiger partial charge >= 0.3 is 6.03 Å². The summed E-state index contributed by atoms with van der Waals surface area (Å²) >= 11 is 1.81. The number of carbonyl (C=O) groups excluding carboxylic acids is 1. The molecule has 0 aromatic carbocycles. The van der Waals surface area contributed by atoms with Crippen LogP contribution in [-0.4, -0.2) is 35.5 Å². The minimum absolute atomic E-state index is 0.182. The molecular formula is C12H18N2OS. The summed E-state index contributed by atoms with van der Waals surface area (Å²) in [7, 11) is 0. The number of urea groups is 1. The molecule has 0 unspecified atom stereocenters. The standard InChI is InChI=1S/C12H18N2OS/c1-3-13(4-2)12(15)14-7-5-11-10(9-14)6-8-16-11/h6,8H,3-5,7,9H2,1-2H3. The normalized spacial score (nSPS) is 14.8. The number of carbonyl (C=O) groups is 1. The Morgan fingerprint density at radius 2 is 2.25 bits per heavy atom. The van der Waals surface area contributed by atoms with Crippen molar-refractivity contribution < 1.29 is 4.79 Å². The van der Waals surface area contributed by atoms with E-state index in [2.05, 4.69) is 11.4 Å². The SMILES string of the molecule is CCN(CC)C(=O)N1CCc2sccc2C1. The van der Waals surface area contributed by atoms with Crippen LogP contribution in [0.1, 0.15) is 24.3 Å². The molecular weight excluding hydrogens is 220 g/mol. The number of thiophene rings is 1. The Morgan fingerprint density at radius 3 is 2.94 bits per heavy atom. The molecule has 0 fully saturated rings. The quantitative estimate of drug-likeness (QED) is 0.776. The van der Waals surface area contributed by atoms with E-state index in [1.807, 2.05) is 35.0 Å². The highest BCUT2D eigenvalue weighted by molar-refractivity contribution is 7.10. The van der Waals surface area contributed by atoms with Crippen LogP contribution in [0.3, 0.4) is 0 Å². The number of nitrogens with zero attached hydrogens (tertiary/aromatic N) is 2. The molecule has 1 aromatic rings. The maximum absolute atomic E-state index is 12.1. The van der Waals surface area contributed by atoms with Gasteiger partial charge in [0.05, 0.1) is 0 Å². The molecule has 3 nitrogen and oxygen atoms in total. The zero-order chi connectivity index (χ0) is 11.5. The van der Waals surface area contributed by atoms with Crippen molar-refractivity contribution in [1.82, 2.24) is 9.80 Å². The van der Waals surface area contributed by atoms with Gasteiger partial charge < -0.3 is 9.80 Å². The summed E-state index contributed by atoms with van der Waals surface area (Å²) < 4.78 is 0. The van der Waals surface area contributed by atoms with Crippen LogP contribution in [0.4, 0.5) is 4.79 Å². The Bertz CT molecular complexity index is 371. The summed E-state index contributed by atoms with van der Waals surface area (Å²) in [6.45, 7) is 7.30. The monoisotopic (exact) mass is 238 g/mol. The van der Waals surface area contributed by atoms with Gasteiger partial charge in [-0.15, -0.1) is 11.3 Å². The van der Waals surface area contributed by atoms with Crippen LogP contribution >= 0.6 is 11.3 Å². The molecule has 0 saturated heterocycles. The summed E-state index contributed by atoms with van der Waals surface area (Å²) in [6.07, 6.45) is 1.01. The molecule has 4 heteroatoms. The van der Waals surface area contributed by atoms with Crippen LogP contribution in [0.15, 0.2) is 11.4 Å². The molecule has 1 aliphatic rings. The average Bonchev–Trinajstić information content (AvgIpc) is 2.77. The van der Waals surface area contributed by atoms with Crippen LogP contribution in [0.2, 0.25) is 0 Å². The molecule has 16 heavy (non-hydrogen) atoms. The Kier molecular flexibility index (Phi) is 3.49. The second kappa shape index (κ2) is 4.87. The highest BCUT2D eigenvalue weighted by atomic mass is 32.1. The number of hydrogen-bond donors (Lipinski definition) is 0. The van der Waals surface area contributed by atoms with Crippen LogP contribution in [0.25, 0.3) is 0 Å². The van der Waals surface area contributed by atoms with Gasteiger partial charge in [0.15, 0.2) is 0 Å². The van der Waals surface area contributed by atoms with Gasteiger partial charge in [0, 0.05) is 31.1 Å². The van der Waals surface area contributed by atoms with Gasteiger partial charge in [-0.3, -0.25) is 0 Å². The topological polar surface area (TPSA) is 23.6 Å². The Hall–Kier alpha value is -1.03. The van der Waals surface area contributed by atoms with E-state index in [1.165, 1.54) is 10.4 Å². The number of amides is 2. The number of hydrogen-bond acceptors (Lipinski definition) is 2. The van der Waals surface area contributed by atoms with Crippen molar-refractivity contribution in [2.24, 2.45) is 0 Å². The third-order valence-electron chi connectivity index (χ3n) is 3.11. The first kappa shape index (κ1) is 11.5. The third kappa shape index (κ3) is 2.07. The third-order valence-corrected chi connectivity index (χ3v) is 4.14. The molecule has 2 amide bonds. The first-order chi connectivity index (χ1) is 7.76. The molecule has 88 valence electrons. The van der Waals surface area contributed by atoms with Crippen LogP contribution in [-0.2, 0) is 13.0 Å². The molecule has 0 aliphatic carbocycles. The second-order valence-corrected chi connectivity index (χ2v) is 5.00. The fraction of sp³-hybridized carbons (Fsp3) is 0.583. The van der Waals surface area contributed by atoms with Gasteiger partial charge in [-0.2, -0.15) is 0 Å². The molecule has 2 heterocycles. The highest BCUT2D eigenvalue weighted by Gasteiger charge is 2.23. The highest BCUT2D eigenvalue weighted by Crippen LogP contribution is 2.24. The predicted molar refractivity (Wildman–Crippen MR) is 66.8 cm³/mol. The summed E-state index contributed by atoms with van der Waals surface area (Å²) in [5, 5.41) is 2.12. The number of fused-ring (bicyclic) bond motifs is 1. The van der Waals surface area contributed by atoms with Gasteiger partial charge in [0.1, 0.15) is 0 Å². The van der Waals surface area contributed by atoms with Crippen molar-refractivity contribution in [2.75, 3.05) is 19.6 Å². The fourth-order valence-corrected chi connectivity index (χ4v) is 3.00. The first-order valence-corrected chi connectivity index (χ1v) is 6.73. The van der Waals surface area contributed by atoms with E-state index in [9.17, 15) is 4.79 Å². The fourth-order valence-electron chi connectivity index (χ4n) is 2.11. The first-order valence-electron chi connectivity index (χ1n) is 5.85. The van der Waals surface area contributed by atoms with Gasteiger partial charge in [0.2, 0.25) is 0 Å². The van der Waals surface area contributed by atoms with Crippen molar-refractivity contribution in [1.29, 1.82) is 0 Å². The van der Waals surface area contributed by atoms with Crippen molar-refractivity contribution >= 4 is 17.4 Å². The summed E-state index contributed by atoms with van der Waals surface area (Å²) in [5.41, 5.74) is 1.33. The lowest BCUT2D eigenvalue weighted by Crippen LogP contribution is -2.44. The van der Waals surface area contributed by atoms with E-state index in [4.69, 9.17) is 0 Å². The number of rotatable bonds is 2. The van der Waals surface area contributed by atoms with E-state index in [0.717, 1.165) is 32.6 Å².